The highest BCUT2D eigenvalue weighted by atomic mass is 16.5. The summed E-state index contributed by atoms with van der Waals surface area (Å²) in [6.45, 7) is 2.31. The number of aliphatic hydroxyl groups is 1. The fourth-order valence-corrected chi connectivity index (χ4v) is 2.64. The monoisotopic (exact) mass is 279 g/mol. The summed E-state index contributed by atoms with van der Waals surface area (Å²) in [6, 6.07) is 1.80. The molecular formula is C14H21N3O3. The fourth-order valence-electron chi connectivity index (χ4n) is 2.64. The van der Waals surface area contributed by atoms with Crippen molar-refractivity contribution in [2.24, 2.45) is 0 Å². The summed E-state index contributed by atoms with van der Waals surface area (Å²) in [5, 5.41) is 10.4. The number of hydrogen-bond acceptors (Lipinski definition) is 6. The van der Waals surface area contributed by atoms with Gasteiger partial charge in [-0.2, -0.15) is 0 Å². The molecule has 1 aliphatic carbocycles. The number of aromatic nitrogens is 2. The van der Waals surface area contributed by atoms with E-state index in [4.69, 9.17) is 0 Å². The van der Waals surface area contributed by atoms with Gasteiger partial charge in [-0.3, -0.25) is 0 Å². The van der Waals surface area contributed by atoms with E-state index >= 15 is 0 Å². The number of rotatable bonds is 4. The molecule has 1 aromatic rings. The van der Waals surface area contributed by atoms with Gasteiger partial charge in [0, 0.05) is 25.4 Å². The van der Waals surface area contributed by atoms with Gasteiger partial charge in [0.1, 0.15) is 5.82 Å². The van der Waals surface area contributed by atoms with Crippen LogP contribution in [0.5, 0.6) is 0 Å². The Morgan fingerprint density at radius 3 is 2.70 bits per heavy atom. The summed E-state index contributed by atoms with van der Waals surface area (Å²) in [5.74, 6) is 0.119. The van der Waals surface area contributed by atoms with Crippen LogP contribution in [-0.4, -0.2) is 47.3 Å². The molecule has 1 saturated carbocycles. The number of hydrogen-bond donors (Lipinski definition) is 1. The minimum absolute atomic E-state index is 0.0489. The lowest BCUT2D eigenvalue weighted by molar-refractivity contribution is 0.0557. The van der Waals surface area contributed by atoms with Crippen molar-refractivity contribution in [1.82, 2.24) is 9.97 Å². The number of methoxy groups -OCH3 is 1. The van der Waals surface area contributed by atoms with E-state index < -0.39 is 11.6 Å². The van der Waals surface area contributed by atoms with Crippen LogP contribution in [0.3, 0.4) is 0 Å². The van der Waals surface area contributed by atoms with E-state index in [1.807, 2.05) is 11.9 Å². The lowest BCUT2D eigenvalue weighted by atomic mass is 10.0. The number of nitrogens with zero attached hydrogens (tertiary/aromatic N) is 3. The molecule has 0 atom stereocenters. The van der Waals surface area contributed by atoms with Crippen molar-refractivity contribution in [2.45, 2.75) is 38.2 Å². The third-order valence-electron chi connectivity index (χ3n) is 3.67. The largest absolute Gasteiger partial charge is 0.463 e. The van der Waals surface area contributed by atoms with E-state index in [1.54, 1.807) is 13.0 Å². The van der Waals surface area contributed by atoms with Crippen LogP contribution >= 0.6 is 0 Å². The van der Waals surface area contributed by atoms with Crippen molar-refractivity contribution < 1.29 is 14.6 Å². The van der Waals surface area contributed by atoms with Crippen LogP contribution in [0.1, 0.15) is 42.0 Å². The molecule has 6 nitrogen and oxygen atoms in total. The Bertz CT molecular complexity index is 498. The van der Waals surface area contributed by atoms with Crippen LogP contribution in [0.2, 0.25) is 0 Å². The van der Waals surface area contributed by atoms with Gasteiger partial charge in [0.05, 0.1) is 12.7 Å². The number of likely N-dealkylation sites (N-methyl/N-ethyl adjacent to an activating group) is 1. The van der Waals surface area contributed by atoms with Crippen LogP contribution in [-0.2, 0) is 4.74 Å². The van der Waals surface area contributed by atoms with Crippen molar-refractivity contribution in [2.75, 3.05) is 25.6 Å². The van der Waals surface area contributed by atoms with Gasteiger partial charge in [0.2, 0.25) is 5.82 Å². The molecule has 0 bridgehead atoms. The van der Waals surface area contributed by atoms with Crippen molar-refractivity contribution in [3.05, 3.63) is 17.6 Å². The van der Waals surface area contributed by atoms with E-state index in [9.17, 15) is 9.90 Å². The summed E-state index contributed by atoms with van der Waals surface area (Å²) >= 11 is 0. The second-order valence-electron chi connectivity index (χ2n) is 5.47. The average Bonchev–Trinajstić information content (AvgIpc) is 2.83. The first-order chi connectivity index (χ1) is 9.43. The molecule has 1 fully saturated rings. The predicted molar refractivity (Wildman–Crippen MR) is 74.8 cm³/mol. The molecule has 0 spiro atoms. The molecule has 0 saturated heterocycles. The second-order valence-corrected chi connectivity index (χ2v) is 5.47. The van der Waals surface area contributed by atoms with Crippen molar-refractivity contribution >= 4 is 11.8 Å². The highest BCUT2D eigenvalue weighted by Crippen LogP contribution is 2.30. The van der Waals surface area contributed by atoms with E-state index in [-0.39, 0.29) is 5.82 Å². The molecule has 6 heteroatoms. The highest BCUT2D eigenvalue weighted by Gasteiger charge is 2.32. The van der Waals surface area contributed by atoms with Crippen LogP contribution in [0.4, 0.5) is 5.82 Å². The molecule has 20 heavy (non-hydrogen) atoms. The van der Waals surface area contributed by atoms with E-state index in [2.05, 4.69) is 14.7 Å². The van der Waals surface area contributed by atoms with Gasteiger partial charge < -0.3 is 14.7 Å². The van der Waals surface area contributed by atoms with Crippen molar-refractivity contribution in [1.29, 1.82) is 0 Å². The zero-order valence-electron chi connectivity index (χ0n) is 12.2. The Kier molecular flexibility index (Phi) is 4.23. The topological polar surface area (TPSA) is 75.5 Å². The maximum atomic E-state index is 11.5. The Morgan fingerprint density at radius 1 is 1.45 bits per heavy atom. The number of carbonyl (C=O) groups excluding carboxylic acids is 1. The summed E-state index contributed by atoms with van der Waals surface area (Å²) in [5.41, 5.74) is 0.0413. The smallest absolute Gasteiger partial charge is 0.376 e. The molecule has 0 unspecified atom stereocenters. The first kappa shape index (κ1) is 14.7. The molecule has 2 rings (SSSR count). The summed E-state index contributed by atoms with van der Waals surface area (Å²) < 4.78 is 4.65. The zero-order chi connectivity index (χ0) is 14.8. The van der Waals surface area contributed by atoms with Gasteiger partial charge in [0.25, 0.3) is 0 Å². The Hall–Kier alpha value is -1.69. The third-order valence-corrected chi connectivity index (χ3v) is 3.67. The quantitative estimate of drug-likeness (QED) is 0.838. The molecule has 1 heterocycles. The minimum Gasteiger partial charge on any atom is -0.463 e. The SMILES string of the molecule is COC(=O)c1nc(C)cc(N(C)CC2(O)CCCC2)n1. The molecular weight excluding hydrogens is 258 g/mol. The summed E-state index contributed by atoms with van der Waals surface area (Å²) in [7, 11) is 3.16. The Balaban J connectivity index is 2.18. The number of esters is 1. The van der Waals surface area contributed by atoms with Crippen molar-refractivity contribution in [3.8, 4) is 0 Å². The molecule has 0 radical (unpaired) electrons. The fraction of sp³-hybridized carbons (Fsp3) is 0.643. The predicted octanol–water partition coefficient (Wildman–Crippen LogP) is 1.31. The highest BCUT2D eigenvalue weighted by molar-refractivity contribution is 5.85. The molecule has 1 aromatic heterocycles. The van der Waals surface area contributed by atoms with Crippen LogP contribution in [0.25, 0.3) is 0 Å². The standard InChI is InChI=1S/C14H21N3O3/c1-10-8-11(16-12(15-10)13(18)20-3)17(2)9-14(19)6-4-5-7-14/h8,19H,4-7,9H2,1-3H3. The zero-order valence-corrected chi connectivity index (χ0v) is 12.2. The lowest BCUT2D eigenvalue weighted by Crippen LogP contribution is -2.39. The van der Waals surface area contributed by atoms with E-state index in [1.165, 1.54) is 7.11 Å². The number of aryl methyl sites for hydroxylation is 1. The minimum atomic E-state index is -0.654. The Morgan fingerprint density at radius 2 is 2.10 bits per heavy atom. The van der Waals surface area contributed by atoms with Gasteiger partial charge in [-0.25, -0.2) is 14.8 Å². The molecule has 1 aliphatic rings. The third kappa shape index (κ3) is 3.25. The van der Waals surface area contributed by atoms with Gasteiger partial charge in [-0.1, -0.05) is 12.8 Å². The van der Waals surface area contributed by atoms with Gasteiger partial charge in [-0.15, -0.1) is 0 Å². The molecule has 1 N–H and O–H groups in total. The van der Waals surface area contributed by atoms with E-state index in [0.29, 0.717) is 18.1 Å². The summed E-state index contributed by atoms with van der Waals surface area (Å²) in [6.07, 6.45) is 3.73. The average molecular weight is 279 g/mol. The maximum absolute atomic E-state index is 11.5. The number of anilines is 1. The lowest BCUT2D eigenvalue weighted by Gasteiger charge is -2.29. The molecule has 0 aromatic carbocycles. The number of carbonyl (C=O) groups is 1. The first-order valence-corrected chi connectivity index (χ1v) is 6.81. The van der Waals surface area contributed by atoms with Crippen molar-refractivity contribution in [3.63, 3.8) is 0 Å². The number of ether oxygens (including phenoxy) is 1. The van der Waals surface area contributed by atoms with Crippen LogP contribution in [0, 0.1) is 6.92 Å². The van der Waals surface area contributed by atoms with Gasteiger partial charge in [-0.05, 0) is 19.8 Å². The van der Waals surface area contributed by atoms with Gasteiger partial charge in [0.15, 0.2) is 0 Å². The molecule has 110 valence electrons. The molecule has 0 aliphatic heterocycles. The summed E-state index contributed by atoms with van der Waals surface area (Å²) in [4.78, 5) is 21.7. The second kappa shape index (κ2) is 5.75. The van der Waals surface area contributed by atoms with Gasteiger partial charge >= 0.3 is 5.97 Å². The normalized spacial score (nSPS) is 17.0. The first-order valence-electron chi connectivity index (χ1n) is 6.81. The molecule has 0 amide bonds. The maximum Gasteiger partial charge on any atom is 0.376 e. The van der Waals surface area contributed by atoms with E-state index in [0.717, 1.165) is 25.7 Å². The van der Waals surface area contributed by atoms with Crippen LogP contribution < -0.4 is 4.90 Å². The van der Waals surface area contributed by atoms with Crippen LogP contribution in [0.15, 0.2) is 6.07 Å². The Labute approximate surface area is 118 Å².